The second-order valence-corrected chi connectivity index (χ2v) is 4.16. The van der Waals surface area contributed by atoms with Crippen LogP contribution in [0.2, 0.25) is 0 Å². The molecule has 0 unspecified atom stereocenters. The molecule has 0 radical (unpaired) electrons. The van der Waals surface area contributed by atoms with Crippen molar-refractivity contribution in [2.24, 2.45) is 5.73 Å². The maximum atomic E-state index is 10.5. The maximum absolute atomic E-state index is 10.5. The van der Waals surface area contributed by atoms with Crippen molar-refractivity contribution in [2.45, 2.75) is 51.1 Å². The molecule has 100 valence electrons. The second kappa shape index (κ2) is 8.95. The Balaban J connectivity index is 0.000000437. The lowest BCUT2D eigenvalue weighted by molar-refractivity contribution is -0.139. The van der Waals surface area contributed by atoms with E-state index in [-0.39, 0.29) is 6.54 Å². The Morgan fingerprint density at radius 2 is 1.76 bits per heavy atom. The van der Waals surface area contributed by atoms with Crippen LogP contribution >= 0.6 is 0 Å². The van der Waals surface area contributed by atoms with E-state index in [0.29, 0.717) is 6.04 Å². The van der Waals surface area contributed by atoms with Gasteiger partial charge in [-0.2, -0.15) is 0 Å². The molecule has 5 N–H and O–H groups in total. The molecule has 6 heteroatoms. The number of nitrogens with two attached hydrogens (primary N) is 1. The lowest BCUT2D eigenvalue weighted by Crippen LogP contribution is -2.42. The maximum Gasteiger partial charge on any atom is 0.320 e. The largest absolute Gasteiger partial charge is 0.480 e. The first-order valence-corrected chi connectivity index (χ1v) is 5.88. The molecule has 0 spiro atoms. The molecule has 1 fully saturated rings. The molecule has 0 aromatic carbocycles. The van der Waals surface area contributed by atoms with Crippen LogP contribution in [-0.2, 0) is 9.59 Å². The molecule has 1 atom stereocenters. The van der Waals surface area contributed by atoms with Crippen LogP contribution in [0.15, 0.2) is 0 Å². The lowest BCUT2D eigenvalue weighted by Gasteiger charge is -2.24. The van der Waals surface area contributed by atoms with Gasteiger partial charge < -0.3 is 21.3 Å². The van der Waals surface area contributed by atoms with Gasteiger partial charge in [-0.15, -0.1) is 0 Å². The number of hydrogen-bond acceptors (Lipinski definition) is 4. The highest BCUT2D eigenvalue weighted by atomic mass is 16.4. The SMILES string of the molecule is C[C@H](NC1CCCCC1)C(=O)O.NCC(=O)O. The third kappa shape index (κ3) is 8.65. The van der Waals surface area contributed by atoms with Gasteiger partial charge in [-0.3, -0.25) is 9.59 Å². The van der Waals surface area contributed by atoms with E-state index in [1.54, 1.807) is 6.92 Å². The third-order valence-electron chi connectivity index (χ3n) is 2.64. The molecule has 0 amide bonds. The highest BCUT2D eigenvalue weighted by Gasteiger charge is 2.18. The molecule has 0 heterocycles. The van der Waals surface area contributed by atoms with Crippen LogP contribution in [0, 0.1) is 0 Å². The first kappa shape index (κ1) is 15.9. The average Bonchev–Trinajstić information content (AvgIpc) is 2.31. The van der Waals surface area contributed by atoms with Crippen molar-refractivity contribution < 1.29 is 19.8 Å². The molecular formula is C11H22N2O4. The minimum Gasteiger partial charge on any atom is -0.480 e. The predicted molar refractivity (Wildman–Crippen MR) is 63.8 cm³/mol. The molecule has 1 aliphatic rings. The molecule has 1 rings (SSSR count). The molecule has 17 heavy (non-hydrogen) atoms. The average molecular weight is 246 g/mol. The Bertz CT molecular complexity index is 240. The Hall–Kier alpha value is -1.14. The Kier molecular flexibility index (Phi) is 8.35. The van der Waals surface area contributed by atoms with E-state index in [4.69, 9.17) is 10.2 Å². The summed E-state index contributed by atoms with van der Waals surface area (Å²) in [5, 5.41) is 19.4. The first-order chi connectivity index (χ1) is 7.97. The van der Waals surface area contributed by atoms with Crippen LogP contribution in [0.4, 0.5) is 0 Å². The van der Waals surface area contributed by atoms with Crippen LogP contribution in [0.1, 0.15) is 39.0 Å². The van der Waals surface area contributed by atoms with Gasteiger partial charge in [0.2, 0.25) is 0 Å². The fraction of sp³-hybridized carbons (Fsp3) is 0.818. The minimum atomic E-state index is -0.968. The molecule has 0 aromatic rings. The molecule has 1 saturated carbocycles. The van der Waals surface area contributed by atoms with Crippen molar-refractivity contribution in [3.05, 3.63) is 0 Å². The summed E-state index contributed by atoms with van der Waals surface area (Å²) >= 11 is 0. The molecule has 0 bridgehead atoms. The highest BCUT2D eigenvalue weighted by Crippen LogP contribution is 2.17. The number of nitrogens with one attached hydrogen (secondary N) is 1. The number of carbonyl (C=O) groups is 2. The molecule has 0 aliphatic heterocycles. The van der Waals surface area contributed by atoms with E-state index < -0.39 is 18.0 Å². The van der Waals surface area contributed by atoms with Gasteiger partial charge in [0.15, 0.2) is 0 Å². The van der Waals surface area contributed by atoms with Crippen LogP contribution in [-0.4, -0.2) is 40.8 Å². The van der Waals surface area contributed by atoms with Gasteiger partial charge in [-0.05, 0) is 19.8 Å². The summed E-state index contributed by atoms with van der Waals surface area (Å²) in [6.45, 7) is 1.43. The molecule has 0 saturated heterocycles. The topological polar surface area (TPSA) is 113 Å². The van der Waals surface area contributed by atoms with Crippen LogP contribution in [0.5, 0.6) is 0 Å². The molecular weight excluding hydrogens is 224 g/mol. The van der Waals surface area contributed by atoms with Crippen molar-refractivity contribution in [1.82, 2.24) is 5.32 Å². The zero-order chi connectivity index (χ0) is 13.3. The van der Waals surface area contributed by atoms with Gasteiger partial charge in [-0.25, -0.2) is 0 Å². The molecule has 1 aliphatic carbocycles. The highest BCUT2D eigenvalue weighted by molar-refractivity contribution is 5.72. The monoisotopic (exact) mass is 246 g/mol. The number of hydrogen-bond donors (Lipinski definition) is 4. The Morgan fingerprint density at radius 1 is 1.29 bits per heavy atom. The van der Waals surface area contributed by atoms with Crippen molar-refractivity contribution in [3.63, 3.8) is 0 Å². The quantitative estimate of drug-likeness (QED) is 0.571. The van der Waals surface area contributed by atoms with Crippen LogP contribution < -0.4 is 11.1 Å². The van der Waals surface area contributed by atoms with E-state index in [2.05, 4.69) is 11.1 Å². The summed E-state index contributed by atoms with van der Waals surface area (Å²) in [5.74, 6) is -1.72. The van der Waals surface area contributed by atoms with Crippen LogP contribution in [0.25, 0.3) is 0 Å². The summed E-state index contributed by atoms with van der Waals surface area (Å²) in [4.78, 5) is 19.8. The fourth-order valence-corrected chi connectivity index (χ4v) is 1.69. The van der Waals surface area contributed by atoms with Crippen molar-refractivity contribution in [2.75, 3.05) is 6.54 Å². The van der Waals surface area contributed by atoms with E-state index >= 15 is 0 Å². The number of aliphatic carboxylic acids is 2. The smallest absolute Gasteiger partial charge is 0.320 e. The van der Waals surface area contributed by atoms with Gasteiger partial charge in [-0.1, -0.05) is 19.3 Å². The third-order valence-corrected chi connectivity index (χ3v) is 2.64. The second-order valence-electron chi connectivity index (χ2n) is 4.16. The van der Waals surface area contributed by atoms with Gasteiger partial charge in [0.05, 0.1) is 6.54 Å². The van der Waals surface area contributed by atoms with E-state index in [1.807, 2.05) is 0 Å². The van der Waals surface area contributed by atoms with E-state index in [0.717, 1.165) is 12.8 Å². The zero-order valence-electron chi connectivity index (χ0n) is 10.2. The summed E-state index contributed by atoms with van der Waals surface area (Å²) in [7, 11) is 0. The summed E-state index contributed by atoms with van der Waals surface area (Å²) in [6, 6.07) is 0.0398. The Labute approximate surface area is 101 Å². The van der Waals surface area contributed by atoms with Gasteiger partial charge in [0.1, 0.15) is 6.04 Å². The summed E-state index contributed by atoms with van der Waals surface area (Å²) in [5.41, 5.74) is 4.57. The summed E-state index contributed by atoms with van der Waals surface area (Å²) < 4.78 is 0. The molecule has 6 nitrogen and oxygen atoms in total. The first-order valence-electron chi connectivity index (χ1n) is 5.88. The van der Waals surface area contributed by atoms with Crippen LogP contribution in [0.3, 0.4) is 0 Å². The van der Waals surface area contributed by atoms with Crippen molar-refractivity contribution in [1.29, 1.82) is 0 Å². The standard InChI is InChI=1S/C9H17NO2.C2H5NO2/c1-7(9(11)12)10-8-5-3-2-4-6-8;3-1-2(4)5/h7-8,10H,2-6H2,1H3,(H,11,12);1,3H2,(H,4,5)/t7-;/m0./s1. The Morgan fingerprint density at radius 3 is 2.12 bits per heavy atom. The fourth-order valence-electron chi connectivity index (χ4n) is 1.69. The number of carboxylic acid groups (broad SMARTS) is 2. The normalized spacial score (nSPS) is 17.8. The number of carboxylic acids is 2. The van der Waals surface area contributed by atoms with Crippen molar-refractivity contribution >= 4 is 11.9 Å². The van der Waals surface area contributed by atoms with Gasteiger partial charge >= 0.3 is 11.9 Å². The lowest BCUT2D eigenvalue weighted by atomic mass is 9.95. The number of rotatable bonds is 4. The van der Waals surface area contributed by atoms with E-state index in [9.17, 15) is 9.59 Å². The predicted octanol–water partition coefficient (Wildman–Crippen LogP) is 0.412. The minimum absolute atomic E-state index is 0.278. The summed E-state index contributed by atoms with van der Waals surface area (Å²) in [6.07, 6.45) is 6.06. The van der Waals surface area contributed by atoms with Crippen molar-refractivity contribution in [3.8, 4) is 0 Å². The molecule has 0 aromatic heterocycles. The van der Waals surface area contributed by atoms with E-state index in [1.165, 1.54) is 19.3 Å². The van der Waals surface area contributed by atoms with Gasteiger partial charge in [0.25, 0.3) is 0 Å². The van der Waals surface area contributed by atoms with Gasteiger partial charge in [0, 0.05) is 6.04 Å². The zero-order valence-corrected chi connectivity index (χ0v) is 10.2.